The molecule has 0 unspecified atom stereocenters. The van der Waals surface area contributed by atoms with Gasteiger partial charge in [0.25, 0.3) is 0 Å². The van der Waals surface area contributed by atoms with Crippen LogP contribution >= 0.6 is 23.2 Å². The molecule has 8 heteroatoms. The predicted octanol–water partition coefficient (Wildman–Crippen LogP) is 5.59. The van der Waals surface area contributed by atoms with Crippen molar-refractivity contribution in [2.45, 2.75) is 19.0 Å². The van der Waals surface area contributed by atoms with Crippen molar-refractivity contribution in [3.63, 3.8) is 0 Å². The number of fused-ring (bicyclic) bond motifs is 5. The van der Waals surface area contributed by atoms with Crippen LogP contribution < -0.4 is 4.90 Å². The average molecular weight is 531 g/mol. The van der Waals surface area contributed by atoms with Gasteiger partial charge in [-0.15, -0.1) is 0 Å². The van der Waals surface area contributed by atoms with Gasteiger partial charge in [-0.05, 0) is 66.6 Å². The molecular weight excluding hydrogens is 511 g/mol. The highest BCUT2D eigenvalue weighted by atomic mass is 35.5. The number of carbonyl (C=O) groups is 4. The number of carbonyl (C=O) groups excluding carboxylic acids is 4. The fourth-order valence-electron chi connectivity index (χ4n) is 5.81. The lowest BCUT2D eigenvalue weighted by Crippen LogP contribution is -2.44. The molecule has 0 aliphatic carbocycles. The number of Topliss-reactive ketones (excluding diaryl/α,β-unsaturated/α-hetero) is 2. The van der Waals surface area contributed by atoms with E-state index >= 15 is 0 Å². The first kappa shape index (κ1) is 23.6. The molecule has 2 saturated heterocycles. The average Bonchev–Trinajstić information content (AvgIpc) is 3.36. The third-order valence-electron chi connectivity index (χ3n) is 7.46. The van der Waals surface area contributed by atoms with Gasteiger partial charge in [0.1, 0.15) is 6.04 Å². The lowest BCUT2D eigenvalue weighted by Gasteiger charge is -2.35. The zero-order valence-corrected chi connectivity index (χ0v) is 21.1. The first-order chi connectivity index (χ1) is 17.8. The highest BCUT2D eigenvalue weighted by Crippen LogP contribution is 2.54. The molecule has 3 aliphatic rings. The van der Waals surface area contributed by atoms with Gasteiger partial charge in [-0.1, -0.05) is 47.5 Å². The van der Waals surface area contributed by atoms with Crippen molar-refractivity contribution in [1.82, 2.24) is 4.90 Å². The van der Waals surface area contributed by atoms with Crippen molar-refractivity contribution in [1.29, 1.82) is 0 Å². The second-order valence-electron chi connectivity index (χ2n) is 9.44. The summed E-state index contributed by atoms with van der Waals surface area (Å²) in [5.41, 5.74) is 2.91. The van der Waals surface area contributed by atoms with E-state index in [4.69, 9.17) is 23.2 Å². The standard InChI is InChI=1S/C29H20Cl2N2O4/c1-15(34)16-6-9-19(10-7-16)33-28(36)23-24(29(33)37)26(27(35)21-11-8-18(30)14-22(21)31)32-13-12-17-4-2-3-5-20(17)25(23)32/h2-14,23-26H,1H3/t23-,24-,25+,26+/m1/s1. The summed E-state index contributed by atoms with van der Waals surface area (Å²) in [5.74, 6) is -2.98. The smallest absolute Gasteiger partial charge is 0.240 e. The normalized spacial score (nSPS) is 23.6. The summed E-state index contributed by atoms with van der Waals surface area (Å²) in [6.45, 7) is 1.45. The van der Waals surface area contributed by atoms with Crippen LogP contribution in [0.3, 0.4) is 0 Å². The number of amides is 2. The van der Waals surface area contributed by atoms with Crippen LogP contribution in [0, 0.1) is 11.8 Å². The van der Waals surface area contributed by atoms with E-state index in [1.165, 1.54) is 13.0 Å². The lowest BCUT2D eigenvalue weighted by atomic mass is 9.83. The van der Waals surface area contributed by atoms with Crippen molar-refractivity contribution < 1.29 is 19.2 Å². The number of nitrogens with zero attached hydrogens (tertiary/aromatic N) is 2. The van der Waals surface area contributed by atoms with E-state index in [1.807, 2.05) is 35.2 Å². The van der Waals surface area contributed by atoms with Crippen molar-refractivity contribution in [2.75, 3.05) is 4.90 Å². The van der Waals surface area contributed by atoms with Crippen molar-refractivity contribution in [3.8, 4) is 0 Å². The molecule has 3 aliphatic heterocycles. The summed E-state index contributed by atoms with van der Waals surface area (Å²) in [4.78, 5) is 56.6. The van der Waals surface area contributed by atoms with E-state index in [0.717, 1.165) is 16.0 Å². The van der Waals surface area contributed by atoms with Crippen LogP contribution in [0.2, 0.25) is 10.0 Å². The summed E-state index contributed by atoms with van der Waals surface area (Å²) < 4.78 is 0. The summed E-state index contributed by atoms with van der Waals surface area (Å²) in [6, 6.07) is 17.2. The van der Waals surface area contributed by atoms with Crippen LogP contribution in [0.4, 0.5) is 5.69 Å². The number of anilines is 1. The fourth-order valence-corrected chi connectivity index (χ4v) is 6.31. The first-order valence-electron chi connectivity index (χ1n) is 11.8. The zero-order chi connectivity index (χ0) is 26.0. The quantitative estimate of drug-likeness (QED) is 0.324. The van der Waals surface area contributed by atoms with Gasteiger partial charge in [-0.25, -0.2) is 4.90 Å². The Morgan fingerprint density at radius 3 is 2.27 bits per heavy atom. The number of hydrogen-bond donors (Lipinski definition) is 0. The molecule has 3 aromatic carbocycles. The van der Waals surface area contributed by atoms with Gasteiger partial charge in [0.05, 0.1) is 28.6 Å². The van der Waals surface area contributed by atoms with Crippen molar-refractivity contribution >= 4 is 58.3 Å². The van der Waals surface area contributed by atoms with Crippen LogP contribution in [-0.4, -0.2) is 34.3 Å². The number of benzene rings is 3. The lowest BCUT2D eigenvalue weighted by molar-refractivity contribution is -0.123. The number of ketones is 2. The van der Waals surface area contributed by atoms with E-state index in [9.17, 15) is 19.2 Å². The van der Waals surface area contributed by atoms with Gasteiger partial charge in [-0.2, -0.15) is 0 Å². The second-order valence-corrected chi connectivity index (χ2v) is 10.3. The zero-order valence-electron chi connectivity index (χ0n) is 19.6. The van der Waals surface area contributed by atoms with Crippen molar-refractivity contribution in [2.24, 2.45) is 11.8 Å². The second kappa shape index (κ2) is 8.68. The third kappa shape index (κ3) is 3.55. The van der Waals surface area contributed by atoms with E-state index in [1.54, 1.807) is 42.6 Å². The molecule has 6 rings (SSSR count). The topological polar surface area (TPSA) is 74.8 Å². The molecular formula is C29H20Cl2N2O4. The minimum absolute atomic E-state index is 0.116. The van der Waals surface area contributed by atoms with Crippen LogP contribution in [0.15, 0.2) is 72.9 Å². The Balaban J connectivity index is 1.48. The molecule has 0 bridgehead atoms. The van der Waals surface area contributed by atoms with Gasteiger partial charge < -0.3 is 4.90 Å². The monoisotopic (exact) mass is 530 g/mol. The summed E-state index contributed by atoms with van der Waals surface area (Å²) in [6.07, 6.45) is 3.69. The molecule has 0 saturated carbocycles. The Morgan fingerprint density at radius 2 is 1.57 bits per heavy atom. The van der Waals surface area contributed by atoms with Gasteiger partial charge in [0, 0.05) is 22.3 Å². The Hall–Kier alpha value is -3.74. The molecule has 0 N–H and O–H groups in total. The molecule has 184 valence electrons. The number of rotatable bonds is 4. The molecule has 3 heterocycles. The fraction of sp³-hybridized carbons (Fsp3) is 0.172. The van der Waals surface area contributed by atoms with Crippen LogP contribution in [0.5, 0.6) is 0 Å². The van der Waals surface area contributed by atoms with Crippen molar-refractivity contribution in [3.05, 3.63) is 105 Å². The van der Waals surface area contributed by atoms with Crippen LogP contribution in [0.1, 0.15) is 44.8 Å². The summed E-state index contributed by atoms with van der Waals surface area (Å²) in [5, 5.41) is 0.579. The maximum absolute atomic E-state index is 14.0. The van der Waals surface area contributed by atoms with E-state index in [2.05, 4.69) is 0 Å². The maximum atomic E-state index is 14.0. The van der Waals surface area contributed by atoms with Crippen LogP contribution in [0.25, 0.3) is 6.08 Å². The third-order valence-corrected chi connectivity index (χ3v) is 8.01. The summed E-state index contributed by atoms with van der Waals surface area (Å²) >= 11 is 12.5. The molecule has 37 heavy (non-hydrogen) atoms. The Morgan fingerprint density at radius 1 is 0.865 bits per heavy atom. The van der Waals surface area contributed by atoms with Gasteiger partial charge in [-0.3, -0.25) is 19.2 Å². The van der Waals surface area contributed by atoms with Gasteiger partial charge >= 0.3 is 0 Å². The largest absolute Gasteiger partial charge is 0.358 e. The van der Waals surface area contributed by atoms with E-state index in [-0.39, 0.29) is 28.1 Å². The molecule has 2 fully saturated rings. The number of hydrogen-bond acceptors (Lipinski definition) is 5. The SMILES string of the molecule is CC(=O)c1ccc(N2C(=O)[C@@H]3[C@@H](C2=O)[C@@H]2c4ccccc4C=CN2[C@@H]3C(=O)c2ccc(Cl)cc2Cl)cc1. The Labute approximate surface area is 223 Å². The molecule has 0 spiro atoms. The highest BCUT2D eigenvalue weighted by molar-refractivity contribution is 6.37. The molecule has 0 aromatic heterocycles. The Bertz CT molecular complexity index is 1530. The minimum atomic E-state index is -0.934. The minimum Gasteiger partial charge on any atom is -0.358 e. The highest BCUT2D eigenvalue weighted by Gasteiger charge is 2.64. The van der Waals surface area contributed by atoms with Gasteiger partial charge in [0.15, 0.2) is 11.6 Å². The first-order valence-corrected chi connectivity index (χ1v) is 12.6. The predicted molar refractivity (Wildman–Crippen MR) is 141 cm³/mol. The molecule has 3 aromatic rings. The molecule has 2 amide bonds. The molecule has 4 atom stereocenters. The molecule has 6 nitrogen and oxygen atoms in total. The van der Waals surface area contributed by atoms with Gasteiger partial charge in [0.2, 0.25) is 11.8 Å². The van der Waals surface area contributed by atoms with E-state index < -0.39 is 29.8 Å². The maximum Gasteiger partial charge on any atom is 0.240 e. The summed E-state index contributed by atoms with van der Waals surface area (Å²) in [7, 11) is 0. The number of halogens is 2. The molecule has 0 radical (unpaired) electrons. The Kier molecular flexibility index (Phi) is 5.55. The number of imide groups is 1. The van der Waals surface area contributed by atoms with Crippen LogP contribution in [-0.2, 0) is 9.59 Å². The van der Waals surface area contributed by atoms with E-state index in [0.29, 0.717) is 16.3 Å².